The molecule has 0 amide bonds. The quantitative estimate of drug-likeness (QED) is 0.861. The van der Waals surface area contributed by atoms with Crippen LogP contribution in [0.1, 0.15) is 40.0 Å². The average Bonchev–Trinajstić information content (AvgIpc) is 2.33. The predicted octanol–water partition coefficient (Wildman–Crippen LogP) is 4.48. The van der Waals surface area contributed by atoms with E-state index in [0.717, 1.165) is 21.8 Å². The highest BCUT2D eigenvalue weighted by Crippen LogP contribution is 2.42. The second-order valence-electron chi connectivity index (χ2n) is 6.51. The molecule has 2 rings (SSSR count). The molecule has 0 saturated heterocycles. The van der Waals surface area contributed by atoms with Crippen LogP contribution < -0.4 is 5.73 Å². The fourth-order valence-electron chi connectivity index (χ4n) is 2.66. The van der Waals surface area contributed by atoms with Gasteiger partial charge in [-0.05, 0) is 58.7 Å². The number of halogens is 1. The van der Waals surface area contributed by atoms with E-state index in [4.69, 9.17) is 5.73 Å². The van der Waals surface area contributed by atoms with Gasteiger partial charge in [-0.2, -0.15) is 0 Å². The summed E-state index contributed by atoms with van der Waals surface area (Å²) in [5, 5.41) is 1.57. The molecule has 0 radical (unpaired) electrons. The van der Waals surface area contributed by atoms with E-state index in [1.54, 1.807) is 0 Å². The molecule has 3 atom stereocenters. The van der Waals surface area contributed by atoms with Crippen molar-refractivity contribution in [2.75, 3.05) is 0 Å². The van der Waals surface area contributed by atoms with Gasteiger partial charge in [-0.15, -0.1) is 11.8 Å². The Bertz CT molecular complexity index is 413. The van der Waals surface area contributed by atoms with E-state index in [0.29, 0.717) is 16.7 Å². The average molecular weight is 343 g/mol. The smallest absolute Gasteiger partial charge is 0.0963 e. The molecule has 1 heterocycles. The van der Waals surface area contributed by atoms with Gasteiger partial charge in [-0.3, -0.25) is 0 Å². The number of pyridine rings is 1. The van der Waals surface area contributed by atoms with Gasteiger partial charge in [0.15, 0.2) is 0 Å². The summed E-state index contributed by atoms with van der Waals surface area (Å²) in [6.45, 7) is 7.02. The van der Waals surface area contributed by atoms with E-state index in [2.05, 4.69) is 47.8 Å². The van der Waals surface area contributed by atoms with Gasteiger partial charge >= 0.3 is 0 Å². The second-order valence-corrected chi connectivity index (χ2v) is 8.69. The summed E-state index contributed by atoms with van der Waals surface area (Å²) in [5.74, 6) is 0.764. The third-order valence-electron chi connectivity index (χ3n) is 4.04. The Labute approximate surface area is 129 Å². The Morgan fingerprint density at radius 1 is 1.32 bits per heavy atom. The molecule has 4 heteroatoms. The lowest BCUT2D eigenvalue weighted by Gasteiger charge is -2.40. The first-order valence-electron chi connectivity index (χ1n) is 6.90. The van der Waals surface area contributed by atoms with Crippen LogP contribution in [0.3, 0.4) is 0 Å². The fraction of sp³-hybridized carbons (Fsp3) is 0.667. The van der Waals surface area contributed by atoms with Gasteiger partial charge in [0, 0.05) is 22.0 Å². The summed E-state index contributed by atoms with van der Waals surface area (Å²) in [6.07, 6.45) is 5.45. The first-order valence-corrected chi connectivity index (χ1v) is 8.57. The monoisotopic (exact) mass is 342 g/mol. The maximum absolute atomic E-state index is 6.30. The second kappa shape index (κ2) is 6.15. The number of hydrogen-bond acceptors (Lipinski definition) is 3. The van der Waals surface area contributed by atoms with Crippen molar-refractivity contribution < 1.29 is 0 Å². The molecule has 1 saturated carbocycles. The van der Waals surface area contributed by atoms with Crippen LogP contribution in [-0.2, 0) is 0 Å². The van der Waals surface area contributed by atoms with Crippen molar-refractivity contribution in [3.05, 3.63) is 22.8 Å². The largest absolute Gasteiger partial charge is 0.327 e. The fourth-order valence-corrected chi connectivity index (χ4v) is 4.11. The molecule has 106 valence electrons. The van der Waals surface area contributed by atoms with Gasteiger partial charge in [0.2, 0.25) is 0 Å². The lowest BCUT2D eigenvalue weighted by Crippen LogP contribution is -2.41. The van der Waals surface area contributed by atoms with Crippen LogP contribution in [0.25, 0.3) is 0 Å². The maximum Gasteiger partial charge on any atom is 0.0963 e. The standard InChI is InChI=1S/C15H23BrN2S/c1-15(2,3)10-4-6-12(17)13(8-10)19-14-7-5-11(16)9-18-14/h5,7,9-10,12-13H,4,6,8,17H2,1-3H3. The minimum absolute atomic E-state index is 0.300. The molecule has 0 aromatic carbocycles. The molecule has 0 spiro atoms. The Morgan fingerprint density at radius 2 is 2.05 bits per heavy atom. The molecule has 1 fully saturated rings. The maximum atomic E-state index is 6.30. The molecule has 1 aliphatic carbocycles. The summed E-state index contributed by atoms with van der Waals surface area (Å²) < 4.78 is 1.03. The van der Waals surface area contributed by atoms with Crippen molar-refractivity contribution in [1.82, 2.24) is 4.98 Å². The first-order chi connectivity index (χ1) is 8.86. The van der Waals surface area contributed by atoms with E-state index >= 15 is 0 Å². The summed E-state index contributed by atoms with van der Waals surface area (Å²) in [4.78, 5) is 4.45. The number of nitrogens with two attached hydrogens (primary N) is 1. The molecule has 2 nitrogen and oxygen atoms in total. The molecule has 0 bridgehead atoms. The van der Waals surface area contributed by atoms with E-state index in [-0.39, 0.29) is 0 Å². The third-order valence-corrected chi connectivity index (χ3v) is 5.84. The van der Waals surface area contributed by atoms with Gasteiger partial charge in [0.05, 0.1) is 5.03 Å². The molecular weight excluding hydrogens is 320 g/mol. The molecule has 0 aliphatic heterocycles. The van der Waals surface area contributed by atoms with Crippen molar-refractivity contribution in [3.8, 4) is 0 Å². The summed E-state index contributed by atoms with van der Waals surface area (Å²) in [7, 11) is 0. The topological polar surface area (TPSA) is 38.9 Å². The summed E-state index contributed by atoms with van der Waals surface area (Å²) in [6, 6.07) is 4.42. The molecule has 19 heavy (non-hydrogen) atoms. The van der Waals surface area contributed by atoms with Crippen LogP contribution in [0.15, 0.2) is 27.8 Å². The van der Waals surface area contributed by atoms with Crippen LogP contribution in [0.5, 0.6) is 0 Å². The lowest BCUT2D eigenvalue weighted by molar-refractivity contribution is 0.174. The Hall–Kier alpha value is -0.0600. The third kappa shape index (κ3) is 4.20. The van der Waals surface area contributed by atoms with Crippen molar-refractivity contribution in [2.45, 2.75) is 56.4 Å². The van der Waals surface area contributed by atoms with Crippen molar-refractivity contribution in [3.63, 3.8) is 0 Å². The summed E-state index contributed by atoms with van der Waals surface area (Å²) >= 11 is 5.27. The van der Waals surface area contributed by atoms with Crippen molar-refractivity contribution in [2.24, 2.45) is 17.1 Å². The molecule has 2 N–H and O–H groups in total. The van der Waals surface area contributed by atoms with Gasteiger partial charge in [-0.1, -0.05) is 20.8 Å². The van der Waals surface area contributed by atoms with E-state index in [1.807, 2.05) is 24.0 Å². The number of aromatic nitrogens is 1. The minimum atomic E-state index is 0.300. The highest BCUT2D eigenvalue weighted by molar-refractivity contribution is 9.10. The van der Waals surface area contributed by atoms with Crippen molar-refractivity contribution in [1.29, 1.82) is 0 Å². The van der Waals surface area contributed by atoms with Crippen LogP contribution in [-0.4, -0.2) is 16.3 Å². The van der Waals surface area contributed by atoms with Gasteiger partial charge in [0.25, 0.3) is 0 Å². The zero-order valence-electron chi connectivity index (χ0n) is 11.9. The van der Waals surface area contributed by atoms with Gasteiger partial charge in [-0.25, -0.2) is 4.98 Å². The predicted molar refractivity (Wildman–Crippen MR) is 86.4 cm³/mol. The first kappa shape index (κ1) is 15.3. The van der Waals surface area contributed by atoms with Crippen LogP contribution in [0.2, 0.25) is 0 Å². The van der Waals surface area contributed by atoms with Gasteiger partial charge in [0.1, 0.15) is 0 Å². The Kier molecular flexibility index (Phi) is 4.96. The van der Waals surface area contributed by atoms with Crippen LogP contribution in [0.4, 0.5) is 0 Å². The van der Waals surface area contributed by atoms with Crippen LogP contribution in [0, 0.1) is 11.3 Å². The minimum Gasteiger partial charge on any atom is -0.327 e. The zero-order valence-corrected chi connectivity index (χ0v) is 14.3. The number of hydrogen-bond donors (Lipinski definition) is 1. The highest BCUT2D eigenvalue weighted by Gasteiger charge is 2.34. The Morgan fingerprint density at radius 3 is 2.63 bits per heavy atom. The van der Waals surface area contributed by atoms with E-state index in [9.17, 15) is 0 Å². The highest BCUT2D eigenvalue weighted by atomic mass is 79.9. The molecular formula is C15H23BrN2S. The molecule has 1 aromatic rings. The number of nitrogens with zero attached hydrogens (tertiary/aromatic N) is 1. The van der Waals surface area contributed by atoms with Gasteiger partial charge < -0.3 is 5.73 Å². The van der Waals surface area contributed by atoms with E-state index in [1.165, 1.54) is 12.8 Å². The SMILES string of the molecule is CC(C)(C)C1CCC(N)C(Sc2ccc(Br)cn2)C1. The zero-order chi connectivity index (χ0) is 14.0. The molecule has 1 aromatic heterocycles. The number of rotatable bonds is 2. The van der Waals surface area contributed by atoms with Crippen molar-refractivity contribution >= 4 is 27.7 Å². The number of thioether (sulfide) groups is 1. The van der Waals surface area contributed by atoms with Crippen LogP contribution >= 0.6 is 27.7 Å². The lowest BCUT2D eigenvalue weighted by atomic mass is 9.71. The molecule has 3 unspecified atom stereocenters. The summed E-state index contributed by atoms with van der Waals surface area (Å²) in [5.41, 5.74) is 6.69. The Balaban J connectivity index is 2.03. The van der Waals surface area contributed by atoms with E-state index < -0.39 is 0 Å². The molecule has 1 aliphatic rings. The normalized spacial score (nSPS) is 28.4.